The second-order valence-corrected chi connectivity index (χ2v) is 10.5. The number of carboxylic acid groups (broad SMARTS) is 1. The van der Waals surface area contributed by atoms with Crippen molar-refractivity contribution in [2.45, 2.75) is 69.2 Å². The number of aliphatic hydroxyl groups excluding tert-OH is 2. The number of aliphatic hydroxyl groups is 3. The Hall–Kier alpha value is -0.510. The zero-order chi connectivity index (χ0) is 21.4. The van der Waals surface area contributed by atoms with Crippen LogP contribution in [0.5, 0.6) is 0 Å². The fourth-order valence-corrected chi connectivity index (χ4v) is 5.65. The van der Waals surface area contributed by atoms with Crippen LogP contribution in [0.15, 0.2) is 37.9 Å². The number of unbranched alkanes of at least 4 members (excludes halogenated alkanes) is 2. The molecule has 0 bridgehead atoms. The molecular weight excluding hydrogens is 524 g/mol. The average molecular weight is 552 g/mol. The van der Waals surface area contributed by atoms with Crippen LogP contribution in [0.3, 0.4) is 0 Å². The number of carbonyl (C=O) groups is 1. The van der Waals surface area contributed by atoms with Crippen LogP contribution in [-0.2, 0) is 11.2 Å². The van der Waals surface area contributed by atoms with E-state index in [1.54, 1.807) is 17.4 Å². The molecule has 0 spiro atoms. The lowest BCUT2D eigenvalue weighted by atomic mass is 9.86. The molecule has 1 aliphatic rings. The van der Waals surface area contributed by atoms with Crippen LogP contribution >= 0.6 is 43.2 Å². The van der Waals surface area contributed by atoms with E-state index in [1.807, 2.05) is 18.2 Å². The Kier molecular flexibility index (Phi) is 10.0. The van der Waals surface area contributed by atoms with Crippen molar-refractivity contribution in [2.75, 3.05) is 0 Å². The monoisotopic (exact) mass is 550 g/mol. The van der Waals surface area contributed by atoms with Gasteiger partial charge in [-0.3, -0.25) is 4.79 Å². The fourth-order valence-electron chi connectivity index (χ4n) is 3.66. The van der Waals surface area contributed by atoms with Gasteiger partial charge in [-0.2, -0.15) is 0 Å². The molecule has 0 radical (unpaired) electrons. The predicted octanol–water partition coefficient (Wildman–Crippen LogP) is 4.83. The molecule has 1 aromatic heterocycles. The highest BCUT2D eigenvalue weighted by atomic mass is 79.9. The number of thiophene rings is 1. The van der Waals surface area contributed by atoms with Crippen molar-refractivity contribution >= 4 is 49.2 Å². The molecule has 1 aliphatic carbocycles. The maximum Gasteiger partial charge on any atom is 0.303 e. The lowest BCUT2D eigenvalue weighted by molar-refractivity contribution is -0.137. The summed E-state index contributed by atoms with van der Waals surface area (Å²) in [6.45, 7) is 0. The molecule has 4 N–H and O–H groups in total. The van der Waals surface area contributed by atoms with Gasteiger partial charge in [0, 0.05) is 23.2 Å². The van der Waals surface area contributed by atoms with Gasteiger partial charge in [-0.1, -0.05) is 24.3 Å². The number of aryl methyl sites for hydroxylation is 1. The number of hydrogen-bond donors (Lipinski definition) is 4. The Bertz CT molecular complexity index is 733. The van der Waals surface area contributed by atoms with Gasteiger partial charge in [0.15, 0.2) is 0 Å². The molecule has 1 saturated carbocycles. The van der Waals surface area contributed by atoms with Crippen molar-refractivity contribution in [2.24, 2.45) is 5.92 Å². The molecule has 4 atom stereocenters. The van der Waals surface area contributed by atoms with E-state index in [2.05, 4.69) is 37.2 Å². The van der Waals surface area contributed by atoms with Gasteiger partial charge in [0.1, 0.15) is 0 Å². The highest BCUT2D eigenvalue weighted by Gasteiger charge is 2.49. The van der Waals surface area contributed by atoms with E-state index in [-0.39, 0.29) is 12.8 Å². The van der Waals surface area contributed by atoms with Crippen molar-refractivity contribution < 1.29 is 25.2 Å². The molecule has 0 aliphatic heterocycles. The van der Waals surface area contributed by atoms with Crippen LogP contribution in [0.4, 0.5) is 0 Å². The molecule has 1 heterocycles. The predicted molar refractivity (Wildman–Crippen MR) is 122 cm³/mol. The summed E-state index contributed by atoms with van der Waals surface area (Å²) in [5, 5.41) is 42.1. The average Bonchev–Trinajstić information content (AvgIpc) is 3.08. The molecule has 1 fully saturated rings. The maximum absolute atomic E-state index is 11.0. The summed E-state index contributed by atoms with van der Waals surface area (Å²) in [7, 11) is 0. The first-order chi connectivity index (χ1) is 13.7. The van der Waals surface area contributed by atoms with E-state index < -0.39 is 29.7 Å². The molecule has 162 valence electrons. The quantitative estimate of drug-likeness (QED) is 0.233. The summed E-state index contributed by atoms with van der Waals surface area (Å²) in [6.07, 6.45) is 10.0. The minimum atomic E-state index is -1.24. The first kappa shape index (κ1) is 24.8. The lowest BCUT2D eigenvalue weighted by Crippen LogP contribution is -2.35. The van der Waals surface area contributed by atoms with Crippen LogP contribution in [0.2, 0.25) is 0 Å². The molecule has 1 aromatic rings. The van der Waals surface area contributed by atoms with E-state index in [1.165, 1.54) is 5.56 Å². The third kappa shape index (κ3) is 7.29. The highest BCUT2D eigenvalue weighted by molar-refractivity contribution is 9.13. The Morgan fingerprint density at radius 1 is 1.21 bits per heavy atom. The number of rotatable bonds is 11. The normalized spacial score (nSPS) is 27.4. The largest absolute Gasteiger partial charge is 0.481 e. The fraction of sp³-hybridized carbons (Fsp3) is 0.571. The third-order valence-corrected chi connectivity index (χ3v) is 8.76. The van der Waals surface area contributed by atoms with Crippen LogP contribution in [0.25, 0.3) is 0 Å². The van der Waals surface area contributed by atoms with Crippen molar-refractivity contribution in [3.63, 3.8) is 0 Å². The van der Waals surface area contributed by atoms with Crippen molar-refractivity contribution in [1.82, 2.24) is 0 Å². The molecule has 0 saturated heterocycles. The van der Waals surface area contributed by atoms with Crippen molar-refractivity contribution in [3.05, 3.63) is 43.5 Å². The molecule has 2 rings (SSSR count). The minimum absolute atomic E-state index is 0.116. The molecule has 0 aromatic carbocycles. The van der Waals surface area contributed by atoms with Gasteiger partial charge in [0.05, 0.1) is 21.6 Å². The zero-order valence-corrected chi connectivity index (χ0v) is 20.1. The van der Waals surface area contributed by atoms with Gasteiger partial charge < -0.3 is 20.4 Å². The lowest BCUT2D eigenvalue weighted by Gasteiger charge is -2.27. The molecule has 5 nitrogen and oxygen atoms in total. The van der Waals surface area contributed by atoms with Gasteiger partial charge in [0.2, 0.25) is 0 Å². The summed E-state index contributed by atoms with van der Waals surface area (Å²) in [5.41, 5.74) is 0.0163. The molecule has 2 unspecified atom stereocenters. The van der Waals surface area contributed by atoms with E-state index in [0.717, 1.165) is 27.5 Å². The maximum atomic E-state index is 11.0. The summed E-state index contributed by atoms with van der Waals surface area (Å²) >= 11 is 8.71. The third-order valence-electron chi connectivity index (χ3n) is 5.29. The Balaban J connectivity index is 1.85. The molecular formula is C21H28Br2O5S. The van der Waals surface area contributed by atoms with Crippen LogP contribution in [0.1, 0.15) is 50.5 Å². The molecule has 8 heteroatoms. The number of carboxylic acids is 1. The highest BCUT2D eigenvalue weighted by Crippen LogP contribution is 2.40. The first-order valence-corrected chi connectivity index (χ1v) is 12.3. The minimum Gasteiger partial charge on any atom is -0.481 e. The van der Waals surface area contributed by atoms with Gasteiger partial charge in [-0.15, -0.1) is 11.3 Å². The standard InChI is InChI=1S/C21H28Br2O5S/c22-18-14(13-29-20(18)23)8-4-3-7-11-21(28)12-16(24)19(27)15(21)9-5-1-2-6-10-17(25)26/h1,5,7,11,13,15-16,19,24,27-28H,2-4,6,8-10,12H2,(H,25,26)/b5-1-,11-7+/t15?,16-,19?,21+/m0/s1. The topological polar surface area (TPSA) is 98.0 Å². The number of hydrogen-bond acceptors (Lipinski definition) is 5. The molecule has 29 heavy (non-hydrogen) atoms. The Morgan fingerprint density at radius 2 is 1.93 bits per heavy atom. The Morgan fingerprint density at radius 3 is 2.59 bits per heavy atom. The smallest absolute Gasteiger partial charge is 0.303 e. The summed E-state index contributed by atoms with van der Waals surface area (Å²) < 4.78 is 2.19. The van der Waals surface area contributed by atoms with E-state index in [9.17, 15) is 20.1 Å². The van der Waals surface area contributed by atoms with Crippen LogP contribution in [0, 0.1) is 5.92 Å². The zero-order valence-electron chi connectivity index (χ0n) is 16.1. The van der Waals surface area contributed by atoms with E-state index >= 15 is 0 Å². The number of aliphatic carboxylic acids is 1. The van der Waals surface area contributed by atoms with Crippen molar-refractivity contribution in [3.8, 4) is 0 Å². The summed E-state index contributed by atoms with van der Waals surface area (Å²) in [5.74, 6) is -1.29. The van der Waals surface area contributed by atoms with Crippen molar-refractivity contribution in [1.29, 1.82) is 0 Å². The van der Waals surface area contributed by atoms with Gasteiger partial charge in [-0.25, -0.2) is 0 Å². The van der Waals surface area contributed by atoms with Gasteiger partial charge in [-0.05, 0) is 81.3 Å². The van der Waals surface area contributed by atoms with E-state index in [4.69, 9.17) is 5.11 Å². The van der Waals surface area contributed by atoms with Crippen LogP contribution in [-0.4, -0.2) is 44.2 Å². The number of allylic oxidation sites excluding steroid dienone is 3. The van der Waals surface area contributed by atoms with Crippen LogP contribution < -0.4 is 0 Å². The second-order valence-electron chi connectivity index (χ2n) is 7.50. The first-order valence-electron chi connectivity index (χ1n) is 9.79. The van der Waals surface area contributed by atoms with Gasteiger partial charge in [0.25, 0.3) is 0 Å². The number of halogens is 2. The van der Waals surface area contributed by atoms with Gasteiger partial charge >= 0.3 is 5.97 Å². The summed E-state index contributed by atoms with van der Waals surface area (Å²) in [6, 6.07) is 0. The SMILES string of the molecule is O=C(O)CCC/C=C\CC1C(O)[C@@H](O)C[C@]1(O)/C=C/CCCc1csc(Br)c1Br. The second kappa shape index (κ2) is 11.8. The Labute approximate surface area is 192 Å². The molecule has 0 amide bonds. The van der Waals surface area contributed by atoms with E-state index in [0.29, 0.717) is 19.3 Å². The summed E-state index contributed by atoms with van der Waals surface area (Å²) in [4.78, 5) is 10.5.